The number of aromatic nitrogens is 4. The molecule has 19 heavy (non-hydrogen) atoms. The lowest BCUT2D eigenvalue weighted by Gasteiger charge is -2.06. The van der Waals surface area contributed by atoms with Crippen LogP contribution in [0.4, 0.5) is 0 Å². The summed E-state index contributed by atoms with van der Waals surface area (Å²) in [6.07, 6.45) is 1.66. The van der Waals surface area contributed by atoms with Crippen molar-refractivity contribution in [3.63, 3.8) is 0 Å². The summed E-state index contributed by atoms with van der Waals surface area (Å²) in [4.78, 5) is 0.217. The standard InChI is InChI=1S/C11H17N5O2S/c1-7-11(8(2)15-14-7)19(17,18)13-6-10-5-12-16(4)9(10)3/h5,13H,6H2,1-4H3,(H,14,15). The summed E-state index contributed by atoms with van der Waals surface area (Å²) in [6.45, 7) is 5.45. The normalized spacial score (nSPS) is 12.0. The Morgan fingerprint density at radius 3 is 2.53 bits per heavy atom. The van der Waals surface area contributed by atoms with Crippen LogP contribution < -0.4 is 4.72 Å². The Labute approximate surface area is 112 Å². The van der Waals surface area contributed by atoms with Gasteiger partial charge in [0.05, 0.1) is 17.6 Å². The van der Waals surface area contributed by atoms with E-state index in [9.17, 15) is 8.42 Å². The van der Waals surface area contributed by atoms with Crippen molar-refractivity contribution in [2.45, 2.75) is 32.2 Å². The number of sulfonamides is 1. The Balaban J connectivity index is 2.22. The first kappa shape index (κ1) is 13.8. The van der Waals surface area contributed by atoms with E-state index in [-0.39, 0.29) is 11.4 Å². The van der Waals surface area contributed by atoms with Gasteiger partial charge in [-0.3, -0.25) is 9.78 Å². The van der Waals surface area contributed by atoms with E-state index in [0.717, 1.165) is 11.3 Å². The van der Waals surface area contributed by atoms with E-state index < -0.39 is 10.0 Å². The first-order valence-electron chi connectivity index (χ1n) is 5.81. The van der Waals surface area contributed by atoms with E-state index in [2.05, 4.69) is 20.0 Å². The molecule has 0 aliphatic rings. The molecule has 0 atom stereocenters. The molecule has 2 heterocycles. The van der Waals surface area contributed by atoms with Gasteiger partial charge in [0, 0.05) is 24.8 Å². The zero-order valence-electron chi connectivity index (χ0n) is 11.4. The highest BCUT2D eigenvalue weighted by molar-refractivity contribution is 7.89. The zero-order valence-corrected chi connectivity index (χ0v) is 12.2. The van der Waals surface area contributed by atoms with Crippen LogP contribution in [0.2, 0.25) is 0 Å². The minimum atomic E-state index is -3.56. The molecule has 2 rings (SSSR count). The van der Waals surface area contributed by atoms with E-state index in [4.69, 9.17) is 0 Å². The number of rotatable bonds is 4. The van der Waals surface area contributed by atoms with E-state index in [0.29, 0.717) is 11.4 Å². The largest absolute Gasteiger partial charge is 0.281 e. The average molecular weight is 283 g/mol. The van der Waals surface area contributed by atoms with Crippen LogP contribution in [0.15, 0.2) is 11.1 Å². The van der Waals surface area contributed by atoms with Crippen LogP contribution in [0.5, 0.6) is 0 Å². The first-order chi connectivity index (χ1) is 8.83. The number of aryl methyl sites for hydroxylation is 3. The number of aromatic amines is 1. The van der Waals surface area contributed by atoms with Crippen LogP contribution in [-0.4, -0.2) is 28.4 Å². The van der Waals surface area contributed by atoms with Gasteiger partial charge in [0.2, 0.25) is 10.0 Å². The predicted molar refractivity (Wildman–Crippen MR) is 70.0 cm³/mol. The third-order valence-electron chi connectivity index (χ3n) is 3.12. The van der Waals surface area contributed by atoms with Gasteiger partial charge < -0.3 is 0 Å². The molecule has 0 amide bonds. The second kappa shape index (κ2) is 4.78. The summed E-state index contributed by atoms with van der Waals surface area (Å²) >= 11 is 0. The summed E-state index contributed by atoms with van der Waals surface area (Å²) in [5.74, 6) is 0. The van der Waals surface area contributed by atoms with Gasteiger partial charge in [-0.15, -0.1) is 0 Å². The number of nitrogens with zero attached hydrogens (tertiary/aromatic N) is 3. The Morgan fingerprint density at radius 2 is 2.05 bits per heavy atom. The fourth-order valence-corrected chi connectivity index (χ4v) is 3.27. The molecule has 2 N–H and O–H groups in total. The van der Waals surface area contributed by atoms with Crippen molar-refractivity contribution in [2.75, 3.05) is 0 Å². The number of hydrogen-bond donors (Lipinski definition) is 2. The molecule has 0 aliphatic heterocycles. The third-order valence-corrected chi connectivity index (χ3v) is 4.78. The fraction of sp³-hybridized carbons (Fsp3) is 0.455. The lowest BCUT2D eigenvalue weighted by Crippen LogP contribution is -2.24. The smallest absolute Gasteiger partial charge is 0.244 e. The summed E-state index contributed by atoms with van der Waals surface area (Å²) in [6, 6.07) is 0. The van der Waals surface area contributed by atoms with E-state index in [1.165, 1.54) is 0 Å². The predicted octanol–water partition coefficient (Wildman–Crippen LogP) is 0.547. The van der Waals surface area contributed by atoms with Crippen molar-refractivity contribution >= 4 is 10.0 Å². The van der Waals surface area contributed by atoms with Crippen molar-refractivity contribution in [2.24, 2.45) is 7.05 Å². The molecule has 104 valence electrons. The Morgan fingerprint density at radius 1 is 1.37 bits per heavy atom. The SMILES string of the molecule is Cc1n[nH]c(C)c1S(=O)(=O)NCc1cnn(C)c1C. The number of H-pyrrole nitrogens is 1. The van der Waals surface area contributed by atoms with Gasteiger partial charge in [-0.1, -0.05) is 0 Å². The first-order valence-corrected chi connectivity index (χ1v) is 7.30. The molecule has 2 aromatic heterocycles. The summed E-state index contributed by atoms with van der Waals surface area (Å²) in [5, 5.41) is 10.6. The lowest BCUT2D eigenvalue weighted by atomic mass is 10.3. The molecule has 0 unspecified atom stereocenters. The van der Waals surface area contributed by atoms with Gasteiger partial charge in [0.15, 0.2) is 0 Å². The monoisotopic (exact) mass is 283 g/mol. The van der Waals surface area contributed by atoms with Crippen molar-refractivity contribution in [1.82, 2.24) is 24.7 Å². The molecular formula is C11H17N5O2S. The highest BCUT2D eigenvalue weighted by Gasteiger charge is 2.22. The number of nitrogens with one attached hydrogen (secondary N) is 2. The highest BCUT2D eigenvalue weighted by atomic mass is 32.2. The molecule has 0 saturated heterocycles. The molecule has 0 saturated carbocycles. The van der Waals surface area contributed by atoms with Crippen LogP contribution in [0.3, 0.4) is 0 Å². The molecular weight excluding hydrogens is 266 g/mol. The van der Waals surface area contributed by atoms with Crippen molar-refractivity contribution in [1.29, 1.82) is 0 Å². The second-order valence-electron chi connectivity index (χ2n) is 4.47. The maximum absolute atomic E-state index is 12.2. The molecule has 8 heteroatoms. The van der Waals surface area contributed by atoms with Crippen molar-refractivity contribution in [3.05, 3.63) is 28.8 Å². The van der Waals surface area contributed by atoms with Crippen LogP contribution >= 0.6 is 0 Å². The molecule has 0 spiro atoms. The fourth-order valence-electron chi connectivity index (χ4n) is 1.90. The Hall–Kier alpha value is -1.67. The highest BCUT2D eigenvalue weighted by Crippen LogP contribution is 2.17. The summed E-state index contributed by atoms with van der Waals surface area (Å²) in [7, 11) is -1.75. The van der Waals surface area contributed by atoms with Crippen LogP contribution in [0.1, 0.15) is 22.6 Å². The summed E-state index contributed by atoms with van der Waals surface area (Å²) < 4.78 is 28.7. The van der Waals surface area contributed by atoms with E-state index >= 15 is 0 Å². The van der Waals surface area contributed by atoms with Crippen LogP contribution in [0, 0.1) is 20.8 Å². The van der Waals surface area contributed by atoms with Gasteiger partial charge >= 0.3 is 0 Å². The third kappa shape index (κ3) is 2.54. The van der Waals surface area contributed by atoms with Crippen molar-refractivity contribution < 1.29 is 8.42 Å². The molecule has 0 aromatic carbocycles. The lowest BCUT2D eigenvalue weighted by molar-refractivity contribution is 0.580. The molecule has 2 aromatic rings. The van der Waals surface area contributed by atoms with Gasteiger partial charge in [0.1, 0.15) is 4.90 Å². The van der Waals surface area contributed by atoms with Crippen molar-refractivity contribution in [3.8, 4) is 0 Å². The van der Waals surface area contributed by atoms with Gasteiger partial charge in [-0.25, -0.2) is 13.1 Å². The minimum Gasteiger partial charge on any atom is -0.281 e. The van der Waals surface area contributed by atoms with Crippen LogP contribution in [0.25, 0.3) is 0 Å². The zero-order chi connectivity index (χ0) is 14.2. The molecule has 0 aliphatic carbocycles. The Bertz CT molecular complexity index is 679. The summed E-state index contributed by atoms with van der Waals surface area (Å²) in [5.41, 5.74) is 2.79. The molecule has 0 bridgehead atoms. The average Bonchev–Trinajstić information content (AvgIpc) is 2.82. The Kier molecular flexibility index (Phi) is 3.46. The van der Waals surface area contributed by atoms with Gasteiger partial charge in [0.25, 0.3) is 0 Å². The quantitative estimate of drug-likeness (QED) is 0.857. The maximum Gasteiger partial charge on any atom is 0.244 e. The van der Waals surface area contributed by atoms with E-state index in [1.807, 2.05) is 14.0 Å². The molecule has 0 radical (unpaired) electrons. The topological polar surface area (TPSA) is 92.7 Å². The van der Waals surface area contributed by atoms with Gasteiger partial charge in [-0.05, 0) is 20.8 Å². The second-order valence-corrected chi connectivity index (χ2v) is 6.17. The number of hydrogen-bond acceptors (Lipinski definition) is 4. The van der Waals surface area contributed by atoms with Gasteiger partial charge in [-0.2, -0.15) is 10.2 Å². The molecule has 7 nitrogen and oxygen atoms in total. The minimum absolute atomic E-state index is 0.214. The maximum atomic E-state index is 12.2. The molecule has 0 fully saturated rings. The van der Waals surface area contributed by atoms with Crippen LogP contribution in [-0.2, 0) is 23.6 Å². The van der Waals surface area contributed by atoms with E-state index in [1.54, 1.807) is 24.7 Å².